The van der Waals surface area contributed by atoms with E-state index in [0.29, 0.717) is 9.16 Å². The molecule has 0 spiro atoms. The molecule has 0 aliphatic carbocycles. The predicted molar refractivity (Wildman–Crippen MR) is 107 cm³/mol. The first-order valence-electron chi connectivity index (χ1n) is 7.80. The molecule has 0 bridgehead atoms. The maximum atomic E-state index is 2.41. The van der Waals surface area contributed by atoms with Gasteiger partial charge in [-0.2, -0.15) is 0 Å². The van der Waals surface area contributed by atoms with Gasteiger partial charge in [0.1, 0.15) is 0 Å². The first-order valence-corrected chi connectivity index (χ1v) is 11.3. The number of nitrogens with zero attached hydrogens (tertiary/aromatic N) is 1. The van der Waals surface area contributed by atoms with E-state index in [9.17, 15) is 0 Å². The molecule has 0 radical (unpaired) electrons. The van der Waals surface area contributed by atoms with Gasteiger partial charge in [0.05, 0.1) is 9.16 Å². The highest BCUT2D eigenvalue weighted by atomic mass is 32.2. The van der Waals surface area contributed by atoms with Gasteiger partial charge in [-0.05, 0) is 36.4 Å². The van der Waals surface area contributed by atoms with Crippen molar-refractivity contribution in [2.24, 2.45) is 7.05 Å². The summed E-state index contributed by atoms with van der Waals surface area (Å²) in [4.78, 5) is 5.64. The normalized spacial score (nSPS) is 17.2. The molecule has 0 saturated heterocycles. The van der Waals surface area contributed by atoms with Crippen LogP contribution in [0.25, 0.3) is 0 Å². The maximum Gasteiger partial charge on any atom is 0.0996 e. The molecule has 0 unspecified atom stereocenters. The third-order valence-corrected chi connectivity index (χ3v) is 9.99. The van der Waals surface area contributed by atoms with Crippen molar-refractivity contribution < 1.29 is 0 Å². The zero-order valence-electron chi connectivity index (χ0n) is 13.0. The molecule has 5 heteroatoms. The van der Waals surface area contributed by atoms with E-state index in [1.807, 2.05) is 47.0 Å². The van der Waals surface area contributed by atoms with E-state index in [1.54, 1.807) is 0 Å². The largest absolute Gasteiger partial charge is 0.348 e. The second-order valence-corrected chi connectivity index (χ2v) is 11.0. The lowest BCUT2D eigenvalue weighted by Gasteiger charge is -2.14. The van der Waals surface area contributed by atoms with Gasteiger partial charge < -0.3 is 4.57 Å². The Morgan fingerprint density at radius 3 is 1.25 bits per heavy atom. The van der Waals surface area contributed by atoms with Crippen LogP contribution in [0, 0.1) is 0 Å². The summed E-state index contributed by atoms with van der Waals surface area (Å²) in [5, 5.41) is 0. The van der Waals surface area contributed by atoms with E-state index in [2.05, 4.69) is 72.3 Å². The molecule has 0 fully saturated rings. The number of fused-ring (bicyclic) bond motifs is 2. The Hall–Kier alpha value is -0.880. The number of thioether (sulfide) groups is 4. The second kappa shape index (κ2) is 6.13. The minimum atomic E-state index is 0.458. The Labute approximate surface area is 159 Å². The lowest BCUT2D eigenvalue weighted by molar-refractivity contribution is 0.827. The molecule has 0 N–H and O–H groups in total. The molecule has 3 heterocycles. The van der Waals surface area contributed by atoms with Gasteiger partial charge >= 0.3 is 0 Å². The minimum Gasteiger partial charge on any atom is -0.348 e. The van der Waals surface area contributed by atoms with Crippen LogP contribution >= 0.6 is 47.0 Å². The highest BCUT2D eigenvalue weighted by Crippen LogP contribution is 2.59. The van der Waals surface area contributed by atoms with E-state index in [1.165, 1.54) is 31.0 Å². The van der Waals surface area contributed by atoms with Crippen LogP contribution in [0.1, 0.15) is 20.6 Å². The minimum absolute atomic E-state index is 0.458. The molecule has 2 aliphatic heterocycles. The average Bonchev–Trinajstić information content (AvgIpc) is 3.29. The molecular formula is C19H15NS4. The second-order valence-electron chi connectivity index (χ2n) is 5.77. The molecule has 1 nitrogen and oxygen atoms in total. The molecule has 5 rings (SSSR count). The van der Waals surface area contributed by atoms with Crippen molar-refractivity contribution in [1.29, 1.82) is 0 Å². The van der Waals surface area contributed by atoms with E-state index in [4.69, 9.17) is 0 Å². The number of hydrogen-bond acceptors (Lipinski definition) is 4. The fraction of sp³-hybridized carbons (Fsp3) is 0.158. The Bertz CT molecular complexity index is 794. The number of rotatable bonds is 2. The molecule has 120 valence electrons. The topological polar surface area (TPSA) is 4.93 Å². The molecule has 0 atom stereocenters. The summed E-state index contributed by atoms with van der Waals surface area (Å²) in [6.45, 7) is 0. The van der Waals surface area contributed by atoms with Gasteiger partial charge in [-0.15, -0.1) is 47.0 Å². The lowest BCUT2D eigenvalue weighted by atomic mass is 10.4. The van der Waals surface area contributed by atoms with Gasteiger partial charge in [-0.1, -0.05) is 24.3 Å². The van der Waals surface area contributed by atoms with Crippen molar-refractivity contribution in [1.82, 2.24) is 4.57 Å². The van der Waals surface area contributed by atoms with E-state index in [-0.39, 0.29) is 0 Å². The standard InChI is InChI=1S/C19H15NS4/c1-20-12(18-21-14-6-2-3-7-15(14)22-18)10-11-13(20)19-23-16-8-4-5-9-17(16)24-19/h2-11,18-19H,1H3. The average molecular weight is 386 g/mol. The SMILES string of the molecule is Cn1c(C2Sc3ccccc3S2)ccc1C1Sc2ccccc2S1. The molecule has 3 aromatic rings. The Kier molecular flexibility index (Phi) is 3.93. The van der Waals surface area contributed by atoms with Crippen LogP contribution in [0.15, 0.2) is 80.2 Å². The third kappa shape index (κ3) is 2.53. The smallest absolute Gasteiger partial charge is 0.0996 e. The summed E-state index contributed by atoms with van der Waals surface area (Å²) < 4.78 is 3.33. The zero-order valence-corrected chi connectivity index (χ0v) is 16.3. The molecule has 0 amide bonds. The van der Waals surface area contributed by atoms with Gasteiger partial charge in [0, 0.05) is 38.0 Å². The van der Waals surface area contributed by atoms with Crippen molar-refractivity contribution in [2.45, 2.75) is 28.7 Å². The highest BCUT2D eigenvalue weighted by Gasteiger charge is 2.30. The summed E-state index contributed by atoms with van der Waals surface area (Å²) in [5.74, 6) is 0. The third-order valence-electron chi connectivity index (χ3n) is 4.32. The predicted octanol–water partition coefficient (Wildman–Crippen LogP) is 6.82. The monoisotopic (exact) mass is 385 g/mol. The number of aromatic nitrogens is 1. The highest BCUT2D eigenvalue weighted by molar-refractivity contribution is 8.19. The maximum absolute atomic E-state index is 2.41. The summed E-state index contributed by atoms with van der Waals surface area (Å²) in [6, 6.07) is 22.1. The molecule has 1 aromatic heterocycles. The van der Waals surface area contributed by atoms with Crippen LogP contribution in [0.5, 0.6) is 0 Å². The Morgan fingerprint density at radius 1 is 0.583 bits per heavy atom. The fourth-order valence-electron chi connectivity index (χ4n) is 3.06. The first kappa shape index (κ1) is 15.4. The van der Waals surface area contributed by atoms with Crippen molar-refractivity contribution in [3.05, 3.63) is 72.1 Å². The number of hydrogen-bond donors (Lipinski definition) is 0. The van der Waals surface area contributed by atoms with Crippen molar-refractivity contribution in [3.63, 3.8) is 0 Å². The molecule has 2 aliphatic rings. The number of benzene rings is 2. The Morgan fingerprint density at radius 2 is 0.917 bits per heavy atom. The summed E-state index contributed by atoms with van der Waals surface area (Å²) in [7, 11) is 2.22. The molecule has 2 aromatic carbocycles. The molecule has 0 saturated carbocycles. The van der Waals surface area contributed by atoms with Crippen molar-refractivity contribution in [2.75, 3.05) is 0 Å². The van der Waals surface area contributed by atoms with Crippen LogP contribution < -0.4 is 0 Å². The summed E-state index contributed by atoms with van der Waals surface area (Å²) in [5.41, 5.74) is 2.82. The van der Waals surface area contributed by atoms with Gasteiger partial charge in [0.2, 0.25) is 0 Å². The summed E-state index contributed by atoms with van der Waals surface area (Å²) >= 11 is 7.90. The van der Waals surface area contributed by atoms with Gasteiger partial charge in [-0.3, -0.25) is 0 Å². The van der Waals surface area contributed by atoms with Gasteiger partial charge in [-0.25, -0.2) is 0 Å². The van der Waals surface area contributed by atoms with Gasteiger partial charge in [0.15, 0.2) is 0 Å². The van der Waals surface area contributed by atoms with E-state index >= 15 is 0 Å². The van der Waals surface area contributed by atoms with E-state index < -0.39 is 0 Å². The van der Waals surface area contributed by atoms with Crippen LogP contribution in [-0.4, -0.2) is 4.57 Å². The Balaban J connectivity index is 1.42. The molecular weight excluding hydrogens is 370 g/mol. The quantitative estimate of drug-likeness (QED) is 0.477. The van der Waals surface area contributed by atoms with Crippen molar-refractivity contribution >= 4 is 47.0 Å². The zero-order chi connectivity index (χ0) is 16.1. The van der Waals surface area contributed by atoms with Crippen LogP contribution in [0.3, 0.4) is 0 Å². The summed E-state index contributed by atoms with van der Waals surface area (Å²) in [6.07, 6.45) is 0. The lowest BCUT2D eigenvalue weighted by Crippen LogP contribution is -2.02. The van der Waals surface area contributed by atoms with Crippen LogP contribution in [0.4, 0.5) is 0 Å². The van der Waals surface area contributed by atoms with Crippen LogP contribution in [0.2, 0.25) is 0 Å². The van der Waals surface area contributed by atoms with Crippen LogP contribution in [-0.2, 0) is 7.05 Å². The van der Waals surface area contributed by atoms with Crippen molar-refractivity contribution in [3.8, 4) is 0 Å². The fourth-order valence-corrected chi connectivity index (χ4v) is 8.98. The van der Waals surface area contributed by atoms with Gasteiger partial charge in [0.25, 0.3) is 0 Å². The first-order chi connectivity index (χ1) is 11.8. The van der Waals surface area contributed by atoms with E-state index in [0.717, 1.165) is 0 Å². The molecule has 24 heavy (non-hydrogen) atoms.